The SMILES string of the molecule is Cc1nn(C)c(Cl)c1CC(N)c1cscn1. The van der Waals surface area contributed by atoms with Crippen molar-refractivity contribution in [3.05, 3.63) is 33.0 Å². The van der Waals surface area contributed by atoms with Crippen molar-refractivity contribution in [2.24, 2.45) is 12.8 Å². The Morgan fingerprint density at radius 1 is 1.62 bits per heavy atom. The summed E-state index contributed by atoms with van der Waals surface area (Å²) in [6, 6.07) is -0.119. The van der Waals surface area contributed by atoms with E-state index in [1.165, 1.54) is 0 Å². The highest BCUT2D eigenvalue weighted by molar-refractivity contribution is 7.07. The molecule has 2 aromatic heterocycles. The third-order valence-electron chi connectivity index (χ3n) is 2.53. The molecule has 6 heteroatoms. The minimum Gasteiger partial charge on any atom is -0.322 e. The molecule has 1 unspecified atom stereocenters. The van der Waals surface area contributed by atoms with Crippen molar-refractivity contribution in [3.63, 3.8) is 0 Å². The van der Waals surface area contributed by atoms with Crippen LogP contribution in [0, 0.1) is 6.92 Å². The van der Waals surface area contributed by atoms with Gasteiger partial charge in [0.2, 0.25) is 0 Å². The topological polar surface area (TPSA) is 56.7 Å². The van der Waals surface area contributed by atoms with Crippen LogP contribution in [-0.4, -0.2) is 14.8 Å². The van der Waals surface area contributed by atoms with Crippen molar-refractivity contribution in [3.8, 4) is 0 Å². The second kappa shape index (κ2) is 4.53. The molecule has 4 nitrogen and oxygen atoms in total. The Morgan fingerprint density at radius 2 is 2.38 bits per heavy atom. The zero-order chi connectivity index (χ0) is 11.7. The highest BCUT2D eigenvalue weighted by Gasteiger charge is 2.16. The molecule has 0 aliphatic carbocycles. The quantitative estimate of drug-likeness (QED) is 0.915. The van der Waals surface area contributed by atoms with Gasteiger partial charge in [0.1, 0.15) is 5.15 Å². The molecule has 0 spiro atoms. The maximum absolute atomic E-state index is 6.15. The Hall–Kier alpha value is -0.910. The Bertz CT molecular complexity index is 477. The standard InChI is InChI=1S/C10H13ClN4S/c1-6-7(10(11)15(2)14-6)3-8(12)9-4-16-5-13-9/h4-5,8H,3,12H2,1-2H3. The Balaban J connectivity index is 2.21. The van der Waals surface area contributed by atoms with Crippen molar-refractivity contribution in [1.29, 1.82) is 0 Å². The average molecular weight is 257 g/mol. The molecule has 0 fully saturated rings. The van der Waals surface area contributed by atoms with Crippen molar-refractivity contribution >= 4 is 22.9 Å². The number of nitrogens with two attached hydrogens (primary N) is 1. The average Bonchev–Trinajstić information content (AvgIpc) is 2.83. The van der Waals surface area contributed by atoms with Crippen molar-refractivity contribution in [1.82, 2.24) is 14.8 Å². The van der Waals surface area contributed by atoms with Gasteiger partial charge in [-0.25, -0.2) is 4.98 Å². The van der Waals surface area contributed by atoms with E-state index in [0.29, 0.717) is 11.6 Å². The molecule has 1 atom stereocenters. The lowest BCUT2D eigenvalue weighted by atomic mass is 10.1. The molecule has 2 aromatic rings. The van der Waals surface area contributed by atoms with Gasteiger partial charge in [-0.1, -0.05) is 11.6 Å². The number of aromatic nitrogens is 3. The predicted octanol–water partition coefficient (Wildman–Crippen LogP) is 2.08. The zero-order valence-corrected chi connectivity index (χ0v) is 10.7. The summed E-state index contributed by atoms with van der Waals surface area (Å²) in [4.78, 5) is 4.20. The van der Waals surface area contributed by atoms with Gasteiger partial charge in [-0.3, -0.25) is 4.68 Å². The fourth-order valence-corrected chi connectivity index (χ4v) is 2.51. The van der Waals surface area contributed by atoms with Gasteiger partial charge in [0.25, 0.3) is 0 Å². The van der Waals surface area contributed by atoms with Gasteiger partial charge in [0.05, 0.1) is 22.9 Å². The number of halogens is 1. The molecular weight excluding hydrogens is 244 g/mol. The first-order chi connectivity index (χ1) is 7.59. The van der Waals surface area contributed by atoms with Crippen LogP contribution < -0.4 is 5.73 Å². The van der Waals surface area contributed by atoms with Gasteiger partial charge in [-0.15, -0.1) is 11.3 Å². The molecule has 0 aliphatic rings. The molecule has 2 N–H and O–H groups in total. The number of hydrogen-bond acceptors (Lipinski definition) is 4. The highest BCUT2D eigenvalue weighted by atomic mass is 35.5. The number of aryl methyl sites for hydroxylation is 2. The Morgan fingerprint density at radius 3 is 2.88 bits per heavy atom. The van der Waals surface area contributed by atoms with Crippen LogP contribution in [0.1, 0.15) is 23.0 Å². The van der Waals surface area contributed by atoms with Gasteiger partial charge >= 0.3 is 0 Å². The summed E-state index contributed by atoms with van der Waals surface area (Å²) < 4.78 is 1.67. The van der Waals surface area contributed by atoms with Crippen molar-refractivity contribution < 1.29 is 0 Å². The molecular formula is C10H13ClN4S. The summed E-state index contributed by atoms with van der Waals surface area (Å²) in [7, 11) is 1.83. The molecule has 2 rings (SSSR count). The number of hydrogen-bond donors (Lipinski definition) is 1. The van der Waals surface area contributed by atoms with Gasteiger partial charge < -0.3 is 5.73 Å². The van der Waals surface area contributed by atoms with E-state index in [2.05, 4.69) is 10.1 Å². The van der Waals surface area contributed by atoms with Crippen LogP contribution in [0.2, 0.25) is 5.15 Å². The normalized spacial score (nSPS) is 13.0. The fraction of sp³-hybridized carbons (Fsp3) is 0.400. The highest BCUT2D eigenvalue weighted by Crippen LogP contribution is 2.24. The minimum absolute atomic E-state index is 0.119. The monoisotopic (exact) mass is 256 g/mol. The number of rotatable bonds is 3. The summed E-state index contributed by atoms with van der Waals surface area (Å²) in [6.45, 7) is 1.94. The second-order valence-corrected chi connectivity index (χ2v) is 4.78. The maximum atomic E-state index is 6.15. The van der Waals surface area contributed by atoms with Crippen LogP contribution >= 0.6 is 22.9 Å². The van der Waals surface area contributed by atoms with E-state index in [-0.39, 0.29) is 6.04 Å². The van der Waals surface area contributed by atoms with E-state index >= 15 is 0 Å². The van der Waals surface area contributed by atoms with Crippen LogP contribution in [0.15, 0.2) is 10.9 Å². The smallest absolute Gasteiger partial charge is 0.130 e. The first kappa shape index (κ1) is 11.6. The number of nitrogens with zero attached hydrogens (tertiary/aromatic N) is 3. The van der Waals surface area contributed by atoms with E-state index in [9.17, 15) is 0 Å². The van der Waals surface area contributed by atoms with Gasteiger partial charge in [-0.2, -0.15) is 5.10 Å². The molecule has 0 saturated heterocycles. The van der Waals surface area contributed by atoms with E-state index in [4.69, 9.17) is 17.3 Å². The van der Waals surface area contributed by atoms with Crippen LogP contribution in [0.25, 0.3) is 0 Å². The molecule has 86 valence electrons. The van der Waals surface area contributed by atoms with E-state index in [0.717, 1.165) is 17.0 Å². The van der Waals surface area contributed by atoms with Crippen LogP contribution in [0.3, 0.4) is 0 Å². The lowest BCUT2D eigenvalue weighted by Gasteiger charge is -2.08. The van der Waals surface area contributed by atoms with Crippen molar-refractivity contribution in [2.75, 3.05) is 0 Å². The summed E-state index contributed by atoms with van der Waals surface area (Å²) in [5.41, 5.74) is 10.7. The summed E-state index contributed by atoms with van der Waals surface area (Å²) in [5.74, 6) is 0. The Labute approximate surface area is 103 Å². The fourth-order valence-electron chi connectivity index (χ4n) is 1.64. The van der Waals surface area contributed by atoms with Crippen LogP contribution in [0.4, 0.5) is 0 Å². The van der Waals surface area contributed by atoms with E-state index < -0.39 is 0 Å². The molecule has 0 bridgehead atoms. The first-order valence-electron chi connectivity index (χ1n) is 4.91. The summed E-state index contributed by atoms with van der Waals surface area (Å²) in [6.07, 6.45) is 0.669. The lowest BCUT2D eigenvalue weighted by Crippen LogP contribution is -2.14. The van der Waals surface area contributed by atoms with Gasteiger partial charge in [0, 0.05) is 18.0 Å². The molecule has 0 saturated carbocycles. The maximum Gasteiger partial charge on any atom is 0.130 e. The van der Waals surface area contributed by atoms with E-state index in [1.54, 1.807) is 21.5 Å². The second-order valence-electron chi connectivity index (χ2n) is 3.70. The van der Waals surface area contributed by atoms with Gasteiger partial charge in [0.15, 0.2) is 0 Å². The molecule has 0 aromatic carbocycles. The third kappa shape index (κ3) is 2.11. The molecule has 16 heavy (non-hydrogen) atoms. The molecule has 0 amide bonds. The zero-order valence-electron chi connectivity index (χ0n) is 9.14. The van der Waals surface area contributed by atoms with Crippen LogP contribution in [0.5, 0.6) is 0 Å². The van der Waals surface area contributed by atoms with E-state index in [1.807, 2.05) is 19.4 Å². The molecule has 2 heterocycles. The molecule has 0 aliphatic heterocycles. The minimum atomic E-state index is -0.119. The largest absolute Gasteiger partial charge is 0.322 e. The summed E-state index contributed by atoms with van der Waals surface area (Å²) >= 11 is 7.69. The molecule has 0 radical (unpaired) electrons. The summed E-state index contributed by atoms with van der Waals surface area (Å²) in [5, 5.41) is 6.87. The third-order valence-corrected chi connectivity index (χ3v) is 3.60. The van der Waals surface area contributed by atoms with Crippen LogP contribution in [-0.2, 0) is 13.5 Å². The van der Waals surface area contributed by atoms with Crippen molar-refractivity contribution in [2.45, 2.75) is 19.4 Å². The lowest BCUT2D eigenvalue weighted by molar-refractivity contribution is 0.699. The first-order valence-corrected chi connectivity index (χ1v) is 6.23. The number of thiazole rings is 1. The Kier molecular flexibility index (Phi) is 3.28. The predicted molar refractivity (Wildman–Crippen MR) is 65.7 cm³/mol. The van der Waals surface area contributed by atoms with Gasteiger partial charge in [-0.05, 0) is 13.3 Å².